The number of benzene rings is 1. The maximum atomic E-state index is 10.6. The van der Waals surface area contributed by atoms with Crippen molar-refractivity contribution < 1.29 is 9.21 Å². The second kappa shape index (κ2) is 5.01. The van der Waals surface area contributed by atoms with E-state index in [1.807, 2.05) is 31.2 Å². The molecule has 0 aliphatic rings. The number of primary amides is 1. The van der Waals surface area contributed by atoms with E-state index in [0.29, 0.717) is 11.1 Å². The molecule has 0 spiro atoms. The maximum absolute atomic E-state index is 10.6. The number of carbonyl (C=O) groups excluding carboxylic acids is 1. The van der Waals surface area contributed by atoms with Gasteiger partial charge in [0.15, 0.2) is 0 Å². The molecule has 0 aliphatic carbocycles. The fourth-order valence-electron chi connectivity index (χ4n) is 1.30. The molecule has 88 valence electrons. The first-order chi connectivity index (χ1) is 8.15. The van der Waals surface area contributed by atoms with Crippen molar-refractivity contribution in [3.63, 3.8) is 0 Å². The largest absolute Gasteiger partial charge is 0.411 e. The van der Waals surface area contributed by atoms with Crippen molar-refractivity contribution in [3.05, 3.63) is 29.8 Å². The summed E-state index contributed by atoms with van der Waals surface area (Å²) in [7, 11) is 0. The lowest BCUT2D eigenvalue weighted by Crippen LogP contribution is -2.12. The summed E-state index contributed by atoms with van der Waals surface area (Å²) in [5, 5.41) is 8.10. The molecule has 1 aromatic heterocycles. The number of thioether (sulfide) groups is 1. The first-order valence-electron chi connectivity index (χ1n) is 4.97. The van der Waals surface area contributed by atoms with E-state index in [9.17, 15) is 4.79 Å². The normalized spacial score (nSPS) is 10.4. The lowest BCUT2D eigenvalue weighted by Gasteiger charge is -1.95. The lowest BCUT2D eigenvalue weighted by atomic mass is 10.1. The van der Waals surface area contributed by atoms with Crippen LogP contribution in [0.5, 0.6) is 0 Å². The van der Waals surface area contributed by atoms with E-state index >= 15 is 0 Å². The van der Waals surface area contributed by atoms with Crippen LogP contribution >= 0.6 is 11.8 Å². The third-order valence-electron chi connectivity index (χ3n) is 2.01. The molecule has 2 N–H and O–H groups in total. The number of aromatic nitrogens is 2. The summed E-state index contributed by atoms with van der Waals surface area (Å²) in [5.41, 5.74) is 7.01. The Balaban J connectivity index is 2.15. The minimum absolute atomic E-state index is 0.134. The first-order valence-corrected chi connectivity index (χ1v) is 5.95. The van der Waals surface area contributed by atoms with Crippen molar-refractivity contribution >= 4 is 17.7 Å². The summed E-state index contributed by atoms with van der Waals surface area (Å²) in [6, 6.07) is 7.76. The third-order valence-corrected chi connectivity index (χ3v) is 2.85. The average molecular weight is 249 g/mol. The Morgan fingerprint density at radius 3 is 3.00 bits per heavy atom. The van der Waals surface area contributed by atoms with Crippen LogP contribution in [0.3, 0.4) is 0 Å². The number of amides is 1. The molecule has 0 atom stereocenters. The van der Waals surface area contributed by atoms with Crippen LogP contribution in [-0.4, -0.2) is 21.9 Å². The predicted octanol–water partition coefficient (Wildman–Crippen LogP) is 1.62. The summed E-state index contributed by atoms with van der Waals surface area (Å²) in [6.07, 6.45) is 0. The van der Waals surface area contributed by atoms with Gasteiger partial charge < -0.3 is 10.2 Å². The fourth-order valence-corrected chi connectivity index (χ4v) is 1.80. The zero-order chi connectivity index (χ0) is 12.3. The van der Waals surface area contributed by atoms with Crippen molar-refractivity contribution in [1.82, 2.24) is 10.2 Å². The Hall–Kier alpha value is -1.82. The Kier molecular flexibility index (Phi) is 3.43. The molecule has 0 saturated carbocycles. The van der Waals surface area contributed by atoms with Gasteiger partial charge in [-0.05, 0) is 19.1 Å². The van der Waals surface area contributed by atoms with Crippen LogP contribution in [0, 0.1) is 6.92 Å². The smallest absolute Gasteiger partial charge is 0.277 e. The van der Waals surface area contributed by atoms with Gasteiger partial charge >= 0.3 is 0 Å². The molecular weight excluding hydrogens is 238 g/mol. The number of nitrogens with zero attached hydrogens (tertiary/aromatic N) is 2. The molecule has 0 radical (unpaired) electrons. The number of nitrogens with two attached hydrogens (primary N) is 1. The van der Waals surface area contributed by atoms with Gasteiger partial charge in [-0.15, -0.1) is 10.2 Å². The van der Waals surface area contributed by atoms with Gasteiger partial charge in [-0.25, -0.2) is 0 Å². The summed E-state index contributed by atoms with van der Waals surface area (Å²) in [6.45, 7) is 1.99. The van der Waals surface area contributed by atoms with Gasteiger partial charge in [0, 0.05) is 5.56 Å². The number of rotatable bonds is 4. The second-order valence-electron chi connectivity index (χ2n) is 3.50. The Labute approximate surface area is 102 Å². The van der Waals surface area contributed by atoms with E-state index in [1.54, 1.807) is 0 Å². The number of aryl methyl sites for hydroxylation is 1. The predicted molar refractivity (Wildman–Crippen MR) is 64.4 cm³/mol. The molecule has 5 nitrogen and oxygen atoms in total. The molecule has 2 rings (SSSR count). The van der Waals surface area contributed by atoms with E-state index in [-0.39, 0.29) is 5.75 Å². The molecule has 1 aromatic carbocycles. The van der Waals surface area contributed by atoms with E-state index in [1.165, 1.54) is 0 Å². The van der Waals surface area contributed by atoms with Gasteiger partial charge in [-0.3, -0.25) is 4.79 Å². The average Bonchev–Trinajstić information content (AvgIpc) is 2.75. The molecule has 0 fully saturated rings. The molecule has 2 aromatic rings. The van der Waals surface area contributed by atoms with Crippen LogP contribution in [0.25, 0.3) is 11.5 Å². The van der Waals surface area contributed by atoms with Crippen LogP contribution in [0.1, 0.15) is 5.56 Å². The molecule has 0 aliphatic heterocycles. The van der Waals surface area contributed by atoms with Gasteiger partial charge in [0.2, 0.25) is 11.8 Å². The fraction of sp³-hybridized carbons (Fsp3) is 0.182. The van der Waals surface area contributed by atoms with E-state index in [4.69, 9.17) is 10.2 Å². The Bertz CT molecular complexity index is 539. The Morgan fingerprint density at radius 1 is 1.47 bits per heavy atom. The topological polar surface area (TPSA) is 82.0 Å². The van der Waals surface area contributed by atoms with Crippen molar-refractivity contribution in [2.24, 2.45) is 5.73 Å². The standard InChI is InChI=1S/C11H11N3O2S/c1-7-3-2-4-8(5-7)10-13-14-11(16-10)17-6-9(12)15/h2-5H,6H2,1H3,(H2,12,15). The highest BCUT2D eigenvalue weighted by Crippen LogP contribution is 2.23. The molecule has 0 saturated heterocycles. The van der Waals surface area contributed by atoms with Gasteiger partial charge in [0.1, 0.15) is 0 Å². The number of hydrogen-bond acceptors (Lipinski definition) is 5. The molecular formula is C11H11N3O2S. The third kappa shape index (κ3) is 3.07. The Morgan fingerprint density at radius 2 is 2.29 bits per heavy atom. The van der Waals surface area contributed by atoms with Gasteiger partial charge in [0.25, 0.3) is 5.22 Å². The van der Waals surface area contributed by atoms with Gasteiger partial charge in [-0.2, -0.15) is 0 Å². The van der Waals surface area contributed by atoms with Crippen LogP contribution in [-0.2, 0) is 4.79 Å². The van der Waals surface area contributed by atoms with Crippen molar-refractivity contribution in [3.8, 4) is 11.5 Å². The van der Waals surface area contributed by atoms with Crippen LogP contribution in [0.15, 0.2) is 33.9 Å². The zero-order valence-electron chi connectivity index (χ0n) is 9.21. The van der Waals surface area contributed by atoms with Gasteiger partial charge in [-0.1, -0.05) is 29.5 Å². The minimum Gasteiger partial charge on any atom is -0.411 e. The summed E-state index contributed by atoms with van der Waals surface area (Å²) < 4.78 is 5.41. The molecule has 0 unspecified atom stereocenters. The minimum atomic E-state index is -0.412. The highest BCUT2D eigenvalue weighted by atomic mass is 32.2. The highest BCUT2D eigenvalue weighted by molar-refractivity contribution is 7.99. The molecule has 6 heteroatoms. The van der Waals surface area contributed by atoms with Crippen molar-refractivity contribution in [1.29, 1.82) is 0 Å². The zero-order valence-corrected chi connectivity index (χ0v) is 10.0. The quantitative estimate of drug-likeness (QED) is 0.833. The second-order valence-corrected chi connectivity index (χ2v) is 4.42. The first kappa shape index (κ1) is 11.7. The summed E-state index contributed by atoms with van der Waals surface area (Å²) in [5.74, 6) is 0.168. The molecule has 1 amide bonds. The monoisotopic (exact) mass is 249 g/mol. The van der Waals surface area contributed by atoms with E-state index in [0.717, 1.165) is 22.9 Å². The summed E-state index contributed by atoms with van der Waals surface area (Å²) in [4.78, 5) is 10.6. The molecule has 0 bridgehead atoms. The number of carbonyl (C=O) groups is 1. The maximum Gasteiger partial charge on any atom is 0.277 e. The van der Waals surface area contributed by atoms with E-state index < -0.39 is 5.91 Å². The van der Waals surface area contributed by atoms with Crippen LogP contribution in [0.2, 0.25) is 0 Å². The van der Waals surface area contributed by atoms with Crippen LogP contribution < -0.4 is 5.73 Å². The van der Waals surface area contributed by atoms with E-state index in [2.05, 4.69) is 10.2 Å². The summed E-state index contributed by atoms with van der Waals surface area (Å²) >= 11 is 1.13. The highest BCUT2D eigenvalue weighted by Gasteiger charge is 2.09. The lowest BCUT2D eigenvalue weighted by molar-refractivity contribution is -0.115. The van der Waals surface area contributed by atoms with Crippen molar-refractivity contribution in [2.45, 2.75) is 12.1 Å². The van der Waals surface area contributed by atoms with Gasteiger partial charge in [0.05, 0.1) is 5.75 Å². The number of hydrogen-bond donors (Lipinski definition) is 1. The SMILES string of the molecule is Cc1cccc(-c2nnc(SCC(N)=O)o2)c1. The molecule has 17 heavy (non-hydrogen) atoms. The van der Waals surface area contributed by atoms with Crippen LogP contribution in [0.4, 0.5) is 0 Å². The molecule has 1 heterocycles. The van der Waals surface area contributed by atoms with Crippen molar-refractivity contribution in [2.75, 3.05) is 5.75 Å².